The average molecular weight is 359 g/mol. The van der Waals surface area contributed by atoms with Crippen LogP contribution in [0.25, 0.3) is 6.08 Å². The van der Waals surface area contributed by atoms with E-state index >= 15 is 0 Å². The third-order valence-corrected chi connectivity index (χ3v) is 5.77. The summed E-state index contributed by atoms with van der Waals surface area (Å²) < 4.78 is 0.676. The maximum Gasteiger partial charge on any atom is 0.268 e. The highest BCUT2D eigenvalue weighted by atomic mass is 32.2. The number of anilines is 1. The molecule has 3 rings (SSSR count). The maximum atomic E-state index is 12.8. The Morgan fingerprint density at radius 3 is 2.67 bits per heavy atom. The van der Waals surface area contributed by atoms with E-state index in [-0.39, 0.29) is 5.91 Å². The number of fused-ring (bicyclic) bond motifs is 1. The summed E-state index contributed by atoms with van der Waals surface area (Å²) in [6, 6.07) is 6.43. The number of thiocarbonyl (C=S) groups is 1. The van der Waals surface area contributed by atoms with Crippen LogP contribution >= 0.6 is 24.0 Å². The van der Waals surface area contributed by atoms with E-state index in [9.17, 15) is 4.79 Å². The van der Waals surface area contributed by atoms with Crippen LogP contribution in [-0.2, 0) is 4.79 Å². The van der Waals surface area contributed by atoms with Crippen molar-refractivity contribution >= 4 is 46.0 Å². The second-order valence-electron chi connectivity index (χ2n) is 6.03. The van der Waals surface area contributed by atoms with Gasteiger partial charge in [-0.1, -0.05) is 55.0 Å². The largest absolute Gasteiger partial charge is 0.340 e. The second kappa shape index (κ2) is 7.11. The molecule has 0 saturated carbocycles. The molecule has 1 fully saturated rings. The number of likely N-dealkylation sites (N-methyl/N-ethyl adjacent to an activating group) is 1. The molecule has 0 radical (unpaired) electrons. The van der Waals surface area contributed by atoms with E-state index in [1.165, 1.54) is 22.9 Å². The van der Waals surface area contributed by atoms with Gasteiger partial charge in [0, 0.05) is 18.8 Å². The van der Waals surface area contributed by atoms with Crippen LogP contribution in [0.3, 0.4) is 0 Å². The fourth-order valence-corrected chi connectivity index (χ4v) is 4.41. The molecule has 3 nitrogen and oxygen atoms in total. The number of hydrogen-bond acceptors (Lipinski definition) is 4. The predicted molar refractivity (Wildman–Crippen MR) is 107 cm³/mol. The number of amides is 1. The molecule has 0 aliphatic carbocycles. The van der Waals surface area contributed by atoms with Gasteiger partial charge in [0.2, 0.25) is 0 Å². The van der Waals surface area contributed by atoms with Gasteiger partial charge in [-0.3, -0.25) is 9.69 Å². The summed E-state index contributed by atoms with van der Waals surface area (Å²) in [5.41, 5.74) is 4.55. The molecule has 0 spiro atoms. The Kier molecular flexibility index (Phi) is 5.11. The Hall–Kier alpha value is -1.59. The van der Waals surface area contributed by atoms with Crippen LogP contribution in [0, 0.1) is 6.92 Å². The summed E-state index contributed by atoms with van der Waals surface area (Å²) in [4.78, 5) is 17.6. The number of allylic oxidation sites excluding steroid dienone is 1. The molecule has 0 N–H and O–H groups in total. The molecular weight excluding hydrogens is 336 g/mol. The smallest absolute Gasteiger partial charge is 0.268 e. The molecule has 1 aromatic carbocycles. The molecule has 0 aromatic heterocycles. The molecule has 126 valence electrons. The van der Waals surface area contributed by atoms with Crippen LogP contribution in [0.5, 0.6) is 0 Å². The first kappa shape index (κ1) is 17.2. The van der Waals surface area contributed by atoms with E-state index in [1.807, 2.05) is 0 Å². The molecule has 0 atom stereocenters. The van der Waals surface area contributed by atoms with Gasteiger partial charge in [-0.2, -0.15) is 0 Å². The summed E-state index contributed by atoms with van der Waals surface area (Å²) in [5.74, 6) is 0.0483. The summed E-state index contributed by atoms with van der Waals surface area (Å²) in [6.07, 6.45) is 6.18. The van der Waals surface area contributed by atoms with Gasteiger partial charge in [-0.15, -0.1) is 0 Å². The zero-order valence-electron chi connectivity index (χ0n) is 14.3. The standard InChI is InChI=1S/C19H22N2OS2/c1-4-6-11-21-18(22)17(24-19(21)23)16-10-8-14-12-13(3)7-9-15(14)20(16)5-2/h7-10,12H,4-6,11H2,1-3H3. The van der Waals surface area contributed by atoms with Gasteiger partial charge in [0.1, 0.15) is 9.23 Å². The van der Waals surface area contributed by atoms with Gasteiger partial charge in [0.25, 0.3) is 5.91 Å². The first-order valence-electron chi connectivity index (χ1n) is 8.41. The highest BCUT2D eigenvalue weighted by molar-refractivity contribution is 8.26. The molecule has 2 heterocycles. The lowest BCUT2D eigenvalue weighted by Gasteiger charge is -2.30. The van der Waals surface area contributed by atoms with Gasteiger partial charge in [0.15, 0.2) is 0 Å². The highest BCUT2D eigenvalue weighted by Crippen LogP contribution is 2.39. The molecule has 1 aromatic rings. The van der Waals surface area contributed by atoms with Gasteiger partial charge in [0.05, 0.1) is 5.70 Å². The van der Waals surface area contributed by atoms with Crippen molar-refractivity contribution in [3.05, 3.63) is 46.0 Å². The van der Waals surface area contributed by atoms with E-state index in [4.69, 9.17) is 12.2 Å². The topological polar surface area (TPSA) is 23.6 Å². The minimum atomic E-state index is 0.0483. The number of rotatable bonds is 4. The van der Waals surface area contributed by atoms with Crippen molar-refractivity contribution in [2.24, 2.45) is 0 Å². The predicted octanol–water partition coefficient (Wildman–Crippen LogP) is 4.72. The number of thioether (sulfide) groups is 1. The number of benzene rings is 1. The Bertz CT molecular complexity index is 752. The van der Waals surface area contributed by atoms with E-state index in [2.05, 4.69) is 56.0 Å². The number of carbonyl (C=O) groups is 1. The van der Waals surface area contributed by atoms with Gasteiger partial charge >= 0.3 is 0 Å². The van der Waals surface area contributed by atoms with Crippen LogP contribution in [0.4, 0.5) is 5.69 Å². The third kappa shape index (κ3) is 3.03. The van der Waals surface area contributed by atoms with Crippen LogP contribution in [0.2, 0.25) is 0 Å². The minimum Gasteiger partial charge on any atom is -0.340 e. The molecule has 5 heteroatoms. The number of nitrogens with zero attached hydrogens (tertiary/aromatic N) is 2. The van der Waals surface area contributed by atoms with Crippen molar-refractivity contribution in [2.45, 2.75) is 33.6 Å². The Morgan fingerprint density at radius 2 is 1.96 bits per heavy atom. The van der Waals surface area contributed by atoms with E-state index in [0.29, 0.717) is 10.9 Å². The number of carbonyl (C=O) groups excluding carboxylic acids is 1. The van der Waals surface area contributed by atoms with Gasteiger partial charge in [-0.25, -0.2) is 0 Å². The average Bonchev–Trinajstić information content (AvgIpc) is 2.85. The summed E-state index contributed by atoms with van der Waals surface area (Å²) in [5, 5.41) is 0. The van der Waals surface area contributed by atoms with Crippen molar-refractivity contribution in [2.75, 3.05) is 18.0 Å². The number of unbranched alkanes of at least 4 members (excludes halogenated alkanes) is 1. The van der Waals surface area contributed by atoms with Crippen LogP contribution in [0.1, 0.15) is 37.8 Å². The lowest BCUT2D eigenvalue weighted by molar-refractivity contribution is -0.122. The lowest BCUT2D eigenvalue weighted by atomic mass is 10.0. The molecule has 1 saturated heterocycles. The lowest BCUT2D eigenvalue weighted by Crippen LogP contribution is -2.31. The Morgan fingerprint density at radius 1 is 1.17 bits per heavy atom. The van der Waals surface area contributed by atoms with Gasteiger partial charge < -0.3 is 4.90 Å². The number of aryl methyl sites for hydroxylation is 1. The molecule has 24 heavy (non-hydrogen) atoms. The van der Waals surface area contributed by atoms with Crippen molar-refractivity contribution in [1.82, 2.24) is 4.90 Å². The zero-order valence-corrected chi connectivity index (χ0v) is 16.0. The van der Waals surface area contributed by atoms with Crippen LogP contribution in [-0.4, -0.2) is 28.2 Å². The van der Waals surface area contributed by atoms with Crippen molar-refractivity contribution in [3.8, 4) is 0 Å². The van der Waals surface area contributed by atoms with Crippen molar-refractivity contribution in [3.63, 3.8) is 0 Å². The molecule has 2 aliphatic rings. The van der Waals surface area contributed by atoms with Crippen molar-refractivity contribution < 1.29 is 4.79 Å². The molecule has 2 aliphatic heterocycles. The quantitative estimate of drug-likeness (QED) is 0.574. The first-order chi connectivity index (χ1) is 11.6. The highest BCUT2D eigenvalue weighted by Gasteiger charge is 2.35. The van der Waals surface area contributed by atoms with E-state index in [1.54, 1.807) is 4.90 Å². The summed E-state index contributed by atoms with van der Waals surface area (Å²) in [6.45, 7) is 7.86. The normalized spacial score (nSPS) is 20.1. The fourth-order valence-electron chi connectivity index (χ4n) is 3.04. The molecular formula is C19H22N2OS2. The summed E-state index contributed by atoms with van der Waals surface area (Å²) in [7, 11) is 0. The van der Waals surface area contributed by atoms with E-state index < -0.39 is 0 Å². The van der Waals surface area contributed by atoms with E-state index in [0.717, 1.165) is 35.7 Å². The third-order valence-electron chi connectivity index (χ3n) is 4.32. The first-order valence-corrected chi connectivity index (χ1v) is 9.63. The fraction of sp³-hybridized carbons (Fsp3) is 0.368. The van der Waals surface area contributed by atoms with Crippen molar-refractivity contribution in [1.29, 1.82) is 0 Å². The van der Waals surface area contributed by atoms with Gasteiger partial charge in [-0.05, 0) is 44.0 Å². The second-order valence-corrected chi connectivity index (χ2v) is 7.68. The zero-order chi connectivity index (χ0) is 17.3. The van der Waals surface area contributed by atoms with Crippen LogP contribution < -0.4 is 4.90 Å². The molecule has 1 amide bonds. The molecule has 0 unspecified atom stereocenters. The maximum absolute atomic E-state index is 12.8. The number of hydrogen-bond donors (Lipinski definition) is 0. The molecule has 0 bridgehead atoms. The Labute approximate surface area is 153 Å². The monoisotopic (exact) mass is 358 g/mol. The van der Waals surface area contributed by atoms with Crippen LogP contribution in [0.15, 0.2) is 34.9 Å². The summed E-state index contributed by atoms with van der Waals surface area (Å²) >= 11 is 6.87. The SMILES string of the molecule is CCCCN1C(=O)C(=C2C=Cc3cc(C)ccc3N2CC)SC1=S. The minimum absolute atomic E-state index is 0.0483. The Balaban J connectivity index is 2.00.